The smallest absolute Gasteiger partial charge is 0.0867 e. The minimum Gasteiger partial charge on any atom is -0.338 e. The quantitative estimate of drug-likeness (QED) is 0.148. The summed E-state index contributed by atoms with van der Waals surface area (Å²) in [5.41, 5.74) is 19.4. The van der Waals surface area contributed by atoms with Crippen molar-refractivity contribution in [3.8, 4) is 0 Å². The fraction of sp³-hybridized carbons (Fsp3) is 0.388. The minimum absolute atomic E-state index is 0.0728. The van der Waals surface area contributed by atoms with Gasteiger partial charge in [0.25, 0.3) is 0 Å². The Morgan fingerprint density at radius 3 is 2.35 bits per heavy atom. The van der Waals surface area contributed by atoms with Gasteiger partial charge < -0.3 is 10.6 Å². The van der Waals surface area contributed by atoms with Crippen molar-refractivity contribution in [3.05, 3.63) is 166 Å². The number of halogens is 1. The summed E-state index contributed by atoms with van der Waals surface area (Å²) in [6.07, 6.45) is 38.0. The van der Waals surface area contributed by atoms with Crippen LogP contribution < -0.4 is 10.6 Å². The molecule has 2 aliphatic rings. The van der Waals surface area contributed by atoms with E-state index in [9.17, 15) is 4.39 Å². The molecule has 52 heavy (non-hydrogen) atoms. The van der Waals surface area contributed by atoms with Crippen LogP contribution in [-0.2, 0) is 12.8 Å². The van der Waals surface area contributed by atoms with Crippen LogP contribution in [0.3, 0.4) is 0 Å². The third-order valence-corrected chi connectivity index (χ3v) is 10.9. The zero-order chi connectivity index (χ0) is 37.3. The lowest BCUT2D eigenvalue weighted by molar-refractivity contribution is 0.399. The van der Waals surface area contributed by atoms with Gasteiger partial charge in [-0.1, -0.05) is 91.1 Å². The molecule has 2 N–H and O–H groups in total. The first-order valence-corrected chi connectivity index (χ1v) is 19.6. The number of nitrogens with zero attached hydrogens (tertiary/aromatic N) is 1. The molecule has 0 saturated carbocycles. The number of hydrogen-bond donors (Lipinski definition) is 1. The predicted octanol–water partition coefficient (Wildman–Crippen LogP) is 13.5. The lowest BCUT2D eigenvalue weighted by Gasteiger charge is -2.38. The van der Waals surface area contributed by atoms with Crippen molar-refractivity contribution in [2.45, 2.75) is 124 Å². The molecular formula is C49H63FN2. The number of benzene rings is 2. The van der Waals surface area contributed by atoms with Crippen molar-refractivity contribution in [1.82, 2.24) is 0 Å². The van der Waals surface area contributed by atoms with Crippen LogP contribution in [0.15, 0.2) is 144 Å². The second kappa shape index (κ2) is 20.7. The van der Waals surface area contributed by atoms with Crippen LogP contribution in [0.2, 0.25) is 0 Å². The number of aryl methyl sites for hydroxylation is 3. The highest BCUT2D eigenvalue weighted by Gasteiger charge is 2.31. The first-order valence-electron chi connectivity index (χ1n) is 19.6. The first kappa shape index (κ1) is 40.6. The molecule has 0 radical (unpaired) electrons. The topological polar surface area (TPSA) is 29.3 Å². The molecule has 0 amide bonds. The highest BCUT2D eigenvalue weighted by atomic mass is 19.1. The standard InChI is InChI=1S/C49H63FN2/c1-7-9-14-20-42-24-26-43(27-25-42)48(41(6)38(3)19-18-36-50)33-23-40(5)52(47-30-22-39(4)44(37-47)21-15-10-8-2)46-31-28-45(29-32-46)49(51)34-16-12-11-13-17-35-49/h7-12,18-19,22-28,30-31,33,36-37,40H,13-17,20-21,29,32,34-35,51H2,1-6H3/b9-7-,10-8-,12-11-,33-23-,36-18-,38-19+,48-41-. The Labute approximate surface area is 315 Å². The van der Waals surface area contributed by atoms with E-state index < -0.39 is 0 Å². The summed E-state index contributed by atoms with van der Waals surface area (Å²) in [5, 5.41) is 0. The molecule has 0 heterocycles. The van der Waals surface area contributed by atoms with E-state index in [1.165, 1.54) is 39.7 Å². The van der Waals surface area contributed by atoms with Crippen LogP contribution in [0.4, 0.5) is 10.1 Å². The molecule has 3 heteroatoms. The van der Waals surface area contributed by atoms with E-state index >= 15 is 0 Å². The predicted molar refractivity (Wildman–Crippen MR) is 226 cm³/mol. The largest absolute Gasteiger partial charge is 0.338 e. The Bertz CT molecular complexity index is 1740. The van der Waals surface area contributed by atoms with E-state index in [4.69, 9.17) is 5.73 Å². The molecule has 2 atom stereocenters. The van der Waals surface area contributed by atoms with Gasteiger partial charge in [0.2, 0.25) is 0 Å². The van der Waals surface area contributed by atoms with Crippen molar-refractivity contribution in [3.63, 3.8) is 0 Å². The maximum Gasteiger partial charge on any atom is 0.0867 e. The molecule has 0 saturated heterocycles. The molecule has 0 fully saturated rings. The monoisotopic (exact) mass is 698 g/mol. The van der Waals surface area contributed by atoms with Gasteiger partial charge in [-0.25, -0.2) is 4.39 Å². The maximum atomic E-state index is 13.0. The third kappa shape index (κ3) is 11.4. The molecule has 2 aliphatic carbocycles. The fourth-order valence-corrected chi connectivity index (χ4v) is 7.49. The highest BCUT2D eigenvalue weighted by molar-refractivity contribution is 5.79. The summed E-state index contributed by atoms with van der Waals surface area (Å²) in [6.45, 7) is 12.9. The Kier molecular flexibility index (Phi) is 16.2. The van der Waals surface area contributed by atoms with Gasteiger partial charge in [0, 0.05) is 23.0 Å². The van der Waals surface area contributed by atoms with Gasteiger partial charge in [-0.05, 0) is 181 Å². The van der Waals surface area contributed by atoms with Gasteiger partial charge in [0.05, 0.1) is 6.33 Å². The van der Waals surface area contributed by atoms with Crippen molar-refractivity contribution < 1.29 is 4.39 Å². The van der Waals surface area contributed by atoms with Crippen LogP contribution in [0.5, 0.6) is 0 Å². The first-order chi connectivity index (χ1) is 25.2. The third-order valence-electron chi connectivity index (χ3n) is 10.9. The molecule has 2 aromatic carbocycles. The molecule has 0 bridgehead atoms. The van der Waals surface area contributed by atoms with E-state index in [1.807, 2.05) is 6.08 Å². The summed E-state index contributed by atoms with van der Waals surface area (Å²) >= 11 is 0. The van der Waals surface area contributed by atoms with E-state index in [-0.39, 0.29) is 11.6 Å². The zero-order valence-electron chi connectivity index (χ0n) is 32.8. The molecule has 0 aliphatic heterocycles. The number of rotatable bonds is 15. The van der Waals surface area contributed by atoms with Gasteiger partial charge >= 0.3 is 0 Å². The van der Waals surface area contributed by atoms with Gasteiger partial charge in [-0.15, -0.1) is 0 Å². The SMILES string of the molecule is C/C=C\CCc1ccc(C(/C=C\C(C)N(C2=CC=C(C3(N)CC/C=C\CCC3)CC2)c2ccc(C)c(CC/C=C\C)c2)=C(C)\C(C)=C\C=C/F)cc1. The van der Waals surface area contributed by atoms with Crippen molar-refractivity contribution >= 4 is 11.3 Å². The van der Waals surface area contributed by atoms with Crippen LogP contribution in [-0.4, -0.2) is 11.6 Å². The Balaban J connectivity index is 1.76. The zero-order valence-corrected chi connectivity index (χ0v) is 32.8. The average molecular weight is 699 g/mol. The second-order valence-electron chi connectivity index (χ2n) is 14.6. The molecule has 2 nitrogen and oxygen atoms in total. The fourth-order valence-electron chi connectivity index (χ4n) is 7.49. The maximum absolute atomic E-state index is 13.0. The molecule has 2 aromatic rings. The summed E-state index contributed by atoms with van der Waals surface area (Å²) in [4.78, 5) is 2.53. The lowest BCUT2D eigenvalue weighted by atomic mass is 9.77. The normalized spacial score (nSPS) is 20.6. The van der Waals surface area contributed by atoms with Gasteiger partial charge in [-0.3, -0.25) is 0 Å². The summed E-state index contributed by atoms with van der Waals surface area (Å²) in [7, 11) is 0. The second-order valence-corrected chi connectivity index (χ2v) is 14.6. The average Bonchev–Trinajstić information content (AvgIpc) is 3.14. The summed E-state index contributed by atoms with van der Waals surface area (Å²) < 4.78 is 13.0. The number of allylic oxidation sites excluding steroid dienone is 15. The van der Waals surface area contributed by atoms with Crippen molar-refractivity contribution in [1.29, 1.82) is 0 Å². The molecule has 4 rings (SSSR count). The number of hydrogen-bond acceptors (Lipinski definition) is 2. The van der Waals surface area contributed by atoms with E-state index in [0.717, 1.165) is 92.9 Å². The molecule has 0 aromatic heterocycles. The Morgan fingerprint density at radius 1 is 0.923 bits per heavy atom. The Morgan fingerprint density at radius 2 is 1.65 bits per heavy atom. The van der Waals surface area contributed by atoms with Gasteiger partial charge in [0.1, 0.15) is 0 Å². The van der Waals surface area contributed by atoms with Gasteiger partial charge in [0.15, 0.2) is 0 Å². The molecular weight excluding hydrogens is 636 g/mol. The molecule has 0 spiro atoms. The van der Waals surface area contributed by atoms with E-state index in [1.54, 1.807) is 0 Å². The van der Waals surface area contributed by atoms with E-state index in [0.29, 0.717) is 6.33 Å². The van der Waals surface area contributed by atoms with Crippen molar-refractivity contribution in [2.75, 3.05) is 4.90 Å². The lowest BCUT2D eigenvalue weighted by Crippen LogP contribution is -2.43. The van der Waals surface area contributed by atoms with Crippen LogP contribution >= 0.6 is 0 Å². The van der Waals surface area contributed by atoms with Crippen LogP contribution in [0, 0.1) is 6.92 Å². The summed E-state index contributed by atoms with van der Waals surface area (Å²) in [5.74, 6) is 0. The highest BCUT2D eigenvalue weighted by Crippen LogP contribution is 2.37. The minimum atomic E-state index is -0.227. The van der Waals surface area contributed by atoms with Crippen molar-refractivity contribution in [2.24, 2.45) is 5.73 Å². The number of anilines is 1. The van der Waals surface area contributed by atoms with Gasteiger partial charge in [-0.2, -0.15) is 0 Å². The van der Waals surface area contributed by atoms with E-state index in [2.05, 4.69) is 150 Å². The summed E-state index contributed by atoms with van der Waals surface area (Å²) in [6, 6.07) is 16.0. The van der Waals surface area contributed by atoms with Crippen LogP contribution in [0.1, 0.15) is 115 Å². The molecule has 276 valence electrons. The Hall–Kier alpha value is -4.21. The number of nitrogens with two attached hydrogens (primary N) is 1. The molecule has 2 unspecified atom stereocenters. The van der Waals surface area contributed by atoms with Crippen LogP contribution in [0.25, 0.3) is 5.57 Å².